The molecule has 1 heterocycles. The zero-order valence-corrected chi connectivity index (χ0v) is 18.7. The molecule has 22 heavy (non-hydrogen) atoms. The van der Waals surface area contributed by atoms with Gasteiger partial charge in [-0.05, 0) is 58.9 Å². The van der Waals surface area contributed by atoms with Gasteiger partial charge in [-0.3, -0.25) is 0 Å². The molecule has 0 aromatic carbocycles. The second-order valence-electron chi connectivity index (χ2n) is 8.90. The maximum Gasteiger partial charge on any atom is 0.187 e. The monoisotopic (exact) mass is 365 g/mol. The molecule has 0 saturated carbocycles. The van der Waals surface area contributed by atoms with E-state index in [0.717, 1.165) is 0 Å². The molecule has 0 aromatic rings. The second kappa shape index (κ2) is 7.14. The maximum absolute atomic E-state index is 6.40. The molecule has 0 amide bonds. The van der Waals surface area contributed by atoms with E-state index in [4.69, 9.17) is 23.7 Å². The third kappa shape index (κ3) is 6.91. The summed E-state index contributed by atoms with van der Waals surface area (Å²) in [4.78, 5) is 0. The molecule has 0 radical (unpaired) electrons. The van der Waals surface area contributed by atoms with Crippen LogP contribution in [0.4, 0.5) is 0 Å². The smallest absolute Gasteiger partial charge is 0.187 e. The van der Waals surface area contributed by atoms with Crippen molar-refractivity contribution in [2.75, 3.05) is 6.54 Å². The number of ether oxygens (including phenoxy) is 1. The van der Waals surface area contributed by atoms with Gasteiger partial charge in [-0.25, -0.2) is 0 Å². The van der Waals surface area contributed by atoms with E-state index >= 15 is 0 Å². The van der Waals surface area contributed by atoms with Crippen LogP contribution in [0.25, 0.3) is 0 Å². The molecule has 1 saturated heterocycles. The summed E-state index contributed by atoms with van der Waals surface area (Å²) in [5.74, 6) is 0. The molecular weight excluding hydrogens is 330 g/mol. The number of nitrogens with two attached hydrogens (primary N) is 1. The predicted molar refractivity (Wildman–Crippen MR) is 98.6 cm³/mol. The van der Waals surface area contributed by atoms with Crippen molar-refractivity contribution in [2.24, 2.45) is 5.73 Å². The van der Waals surface area contributed by atoms with E-state index < -0.39 is 25.0 Å². The molecule has 5 nitrogen and oxygen atoms in total. The Bertz CT molecular complexity index is 363. The lowest BCUT2D eigenvalue weighted by Gasteiger charge is -2.35. The van der Waals surface area contributed by atoms with Gasteiger partial charge in [-0.1, -0.05) is 0 Å². The fourth-order valence-corrected chi connectivity index (χ4v) is 5.46. The minimum atomic E-state index is -1.75. The van der Waals surface area contributed by atoms with Gasteiger partial charge in [-0.15, -0.1) is 0 Å². The number of hydrogen-bond acceptors (Lipinski definition) is 5. The summed E-state index contributed by atoms with van der Waals surface area (Å²) in [7, 11) is -5.22. The molecule has 1 fully saturated rings. The highest BCUT2D eigenvalue weighted by atomic mass is 28.4. The Morgan fingerprint density at radius 1 is 0.727 bits per heavy atom. The van der Waals surface area contributed by atoms with E-state index in [0.29, 0.717) is 6.54 Å². The van der Waals surface area contributed by atoms with Crippen LogP contribution in [0.3, 0.4) is 0 Å². The summed E-state index contributed by atoms with van der Waals surface area (Å²) in [6.07, 6.45) is -0.842. The van der Waals surface area contributed by atoms with Gasteiger partial charge in [-0.2, -0.15) is 0 Å². The third-order valence-electron chi connectivity index (χ3n) is 2.95. The van der Waals surface area contributed by atoms with Gasteiger partial charge in [0, 0.05) is 6.54 Å². The van der Waals surface area contributed by atoms with Crippen molar-refractivity contribution in [3.05, 3.63) is 0 Å². The molecule has 0 aliphatic carbocycles. The number of hydrogen-bond donors (Lipinski definition) is 1. The Hall–Kier alpha value is 0.451. The van der Waals surface area contributed by atoms with E-state index in [9.17, 15) is 0 Å². The van der Waals surface area contributed by atoms with E-state index in [2.05, 4.69) is 58.9 Å². The van der Waals surface area contributed by atoms with Gasteiger partial charge >= 0.3 is 0 Å². The predicted octanol–water partition coefficient (Wildman–Crippen LogP) is 2.96. The lowest BCUT2D eigenvalue weighted by Crippen LogP contribution is -2.50. The molecular formula is C14H35NO4Si3. The lowest BCUT2D eigenvalue weighted by atomic mass is 10.1. The van der Waals surface area contributed by atoms with Crippen LogP contribution in [-0.2, 0) is 18.0 Å². The van der Waals surface area contributed by atoms with Crippen molar-refractivity contribution < 1.29 is 18.0 Å². The Morgan fingerprint density at radius 2 is 1.14 bits per heavy atom. The van der Waals surface area contributed by atoms with Crippen molar-refractivity contribution in [3.63, 3.8) is 0 Å². The molecule has 0 bridgehead atoms. The van der Waals surface area contributed by atoms with E-state index in [1.54, 1.807) is 0 Å². The van der Waals surface area contributed by atoms with Gasteiger partial charge in [0.25, 0.3) is 0 Å². The molecule has 4 atom stereocenters. The first-order chi connectivity index (χ1) is 9.72. The standard InChI is InChI=1S/C14H35NO4Si3/c1-20(2,3)17-12-11(10-15)16-14(19-22(7,8)9)13(12)18-21(4,5)6/h11-14H,10,15H2,1-9H3/t11-,12+,13+,14-/m1/s1. The van der Waals surface area contributed by atoms with E-state index in [1.807, 2.05) is 0 Å². The first kappa shape index (κ1) is 20.5. The fraction of sp³-hybridized carbons (Fsp3) is 1.00. The molecule has 1 aliphatic heterocycles. The summed E-state index contributed by atoms with van der Waals surface area (Å²) in [6.45, 7) is 20.0. The number of rotatable bonds is 7. The van der Waals surface area contributed by atoms with Gasteiger partial charge in [0.2, 0.25) is 0 Å². The molecule has 1 aliphatic rings. The van der Waals surface area contributed by atoms with Crippen LogP contribution in [0.15, 0.2) is 0 Å². The molecule has 8 heteroatoms. The van der Waals surface area contributed by atoms with Crippen LogP contribution in [0.2, 0.25) is 58.9 Å². The molecule has 0 aromatic heterocycles. The summed E-state index contributed by atoms with van der Waals surface area (Å²) in [5.41, 5.74) is 5.92. The normalized spacial score (nSPS) is 30.8. The largest absolute Gasteiger partial charge is 0.409 e. The van der Waals surface area contributed by atoms with Crippen LogP contribution < -0.4 is 5.73 Å². The molecule has 0 spiro atoms. The van der Waals surface area contributed by atoms with Gasteiger partial charge in [0.05, 0.1) is 0 Å². The quantitative estimate of drug-likeness (QED) is 0.703. The highest BCUT2D eigenvalue weighted by Gasteiger charge is 2.50. The van der Waals surface area contributed by atoms with Crippen LogP contribution in [0, 0.1) is 0 Å². The van der Waals surface area contributed by atoms with Crippen LogP contribution in [0.1, 0.15) is 0 Å². The minimum Gasteiger partial charge on any atom is -0.409 e. The first-order valence-electron chi connectivity index (χ1n) is 8.11. The van der Waals surface area contributed by atoms with Crippen LogP contribution in [-0.4, -0.2) is 56.1 Å². The molecule has 0 unspecified atom stereocenters. The molecule has 2 N–H and O–H groups in total. The van der Waals surface area contributed by atoms with Crippen LogP contribution >= 0.6 is 0 Å². The molecule has 1 rings (SSSR count). The van der Waals surface area contributed by atoms with Crippen molar-refractivity contribution >= 4 is 25.0 Å². The van der Waals surface area contributed by atoms with Gasteiger partial charge in [0.1, 0.15) is 18.3 Å². The highest BCUT2D eigenvalue weighted by molar-refractivity contribution is 6.70. The minimum absolute atomic E-state index is 0.134. The summed E-state index contributed by atoms with van der Waals surface area (Å²) in [5, 5.41) is 0. The van der Waals surface area contributed by atoms with Crippen molar-refractivity contribution in [1.82, 2.24) is 0 Å². The van der Waals surface area contributed by atoms with E-state index in [1.165, 1.54) is 0 Å². The second-order valence-corrected chi connectivity index (χ2v) is 22.3. The topological polar surface area (TPSA) is 62.9 Å². The third-order valence-corrected chi connectivity index (χ3v) is 5.85. The zero-order chi connectivity index (χ0) is 17.3. The Morgan fingerprint density at radius 3 is 1.50 bits per heavy atom. The Balaban J connectivity index is 3.02. The van der Waals surface area contributed by atoms with Crippen LogP contribution in [0.5, 0.6) is 0 Å². The lowest BCUT2D eigenvalue weighted by molar-refractivity contribution is -0.108. The van der Waals surface area contributed by atoms with E-state index in [-0.39, 0.29) is 24.6 Å². The zero-order valence-electron chi connectivity index (χ0n) is 15.7. The Kier molecular flexibility index (Phi) is 6.65. The highest BCUT2D eigenvalue weighted by Crippen LogP contribution is 2.32. The van der Waals surface area contributed by atoms with Crippen molar-refractivity contribution in [1.29, 1.82) is 0 Å². The first-order valence-corrected chi connectivity index (χ1v) is 18.3. The average molecular weight is 366 g/mol. The maximum atomic E-state index is 6.40. The fourth-order valence-electron chi connectivity index (χ4n) is 2.41. The summed E-state index contributed by atoms with van der Waals surface area (Å²) in [6, 6.07) is 0. The van der Waals surface area contributed by atoms with Gasteiger partial charge in [0.15, 0.2) is 31.2 Å². The Labute approximate surface area is 139 Å². The van der Waals surface area contributed by atoms with Crippen molar-refractivity contribution in [3.8, 4) is 0 Å². The average Bonchev–Trinajstić information content (AvgIpc) is 2.51. The van der Waals surface area contributed by atoms with Gasteiger partial charge < -0.3 is 23.7 Å². The molecule has 132 valence electrons. The van der Waals surface area contributed by atoms with Crippen molar-refractivity contribution in [2.45, 2.75) is 83.5 Å². The summed E-state index contributed by atoms with van der Waals surface area (Å²) >= 11 is 0. The summed E-state index contributed by atoms with van der Waals surface area (Å²) < 4.78 is 25.1. The SMILES string of the molecule is C[Si](C)(C)O[C@H]1O[C@H](CN)[C@H](O[Si](C)(C)C)[C@@H]1O[Si](C)(C)C.